The monoisotopic (exact) mass is 513 g/mol. The van der Waals surface area contributed by atoms with Crippen molar-refractivity contribution in [3.63, 3.8) is 0 Å². The highest BCUT2D eigenvalue weighted by atomic mass is 19.1. The van der Waals surface area contributed by atoms with Gasteiger partial charge in [0.1, 0.15) is 17.4 Å². The van der Waals surface area contributed by atoms with E-state index >= 15 is 0 Å². The van der Waals surface area contributed by atoms with Crippen LogP contribution in [0.4, 0.5) is 8.78 Å². The standard InChI is InChI=1S/C30H29F2N5O/c1-17(18(2)38)15-37-16-19(14-33-37)24-9-6-10-26(34-24)30-12-11-21(29(30,3)4)20-13-25(35-36-28(20)30)27-22(31)7-5-8-23(27)32/h5-10,13-14,16-17,21H,11-12,15H2,1-4H3/t17-,21+,30+/m1/s1. The van der Waals surface area contributed by atoms with Crippen molar-refractivity contribution in [3.8, 4) is 22.5 Å². The van der Waals surface area contributed by atoms with Crippen LogP contribution >= 0.6 is 0 Å². The molecule has 3 heterocycles. The Labute approximate surface area is 220 Å². The number of carbonyl (C=O) groups is 1. The van der Waals surface area contributed by atoms with Gasteiger partial charge in [0, 0.05) is 17.7 Å². The zero-order valence-electron chi connectivity index (χ0n) is 21.9. The molecule has 3 aromatic heterocycles. The van der Waals surface area contributed by atoms with Gasteiger partial charge in [-0.05, 0) is 67.0 Å². The van der Waals surface area contributed by atoms with E-state index in [1.165, 1.54) is 18.2 Å². The minimum atomic E-state index is -0.649. The normalized spacial score (nSPS) is 21.9. The van der Waals surface area contributed by atoms with Crippen molar-refractivity contribution in [2.75, 3.05) is 0 Å². The van der Waals surface area contributed by atoms with Crippen molar-refractivity contribution in [2.45, 2.75) is 58.4 Å². The van der Waals surface area contributed by atoms with E-state index in [0.29, 0.717) is 6.54 Å². The molecule has 0 radical (unpaired) electrons. The Morgan fingerprint density at radius 3 is 2.58 bits per heavy atom. The SMILES string of the molecule is CC(=O)[C@H](C)Cn1cc(-c2cccc([C@@]34CC[C@@H](c5cc(-c6c(F)cccc6F)nnc53)C4(C)C)n2)cn1. The number of rotatable bonds is 6. The van der Waals surface area contributed by atoms with E-state index in [1.807, 2.05) is 37.4 Å². The molecule has 0 saturated heterocycles. The molecule has 2 aliphatic rings. The molecule has 1 saturated carbocycles. The second-order valence-corrected chi connectivity index (χ2v) is 11.2. The molecule has 0 unspecified atom stereocenters. The summed E-state index contributed by atoms with van der Waals surface area (Å²) in [5.41, 5.74) is 3.79. The van der Waals surface area contributed by atoms with Gasteiger partial charge >= 0.3 is 0 Å². The van der Waals surface area contributed by atoms with Crippen LogP contribution in [0.25, 0.3) is 22.5 Å². The zero-order chi connectivity index (χ0) is 26.8. The van der Waals surface area contributed by atoms with Gasteiger partial charge in [-0.15, -0.1) is 5.10 Å². The zero-order valence-corrected chi connectivity index (χ0v) is 21.9. The minimum absolute atomic E-state index is 0.117. The van der Waals surface area contributed by atoms with Crippen LogP contribution in [-0.4, -0.2) is 30.7 Å². The predicted octanol–water partition coefficient (Wildman–Crippen LogP) is 6.11. The maximum absolute atomic E-state index is 14.5. The van der Waals surface area contributed by atoms with E-state index in [-0.39, 0.29) is 34.3 Å². The van der Waals surface area contributed by atoms with Crippen LogP contribution < -0.4 is 0 Å². The molecule has 1 aromatic carbocycles. The van der Waals surface area contributed by atoms with Gasteiger partial charge < -0.3 is 0 Å². The number of carbonyl (C=O) groups excluding carboxylic acids is 1. The van der Waals surface area contributed by atoms with Gasteiger partial charge in [-0.1, -0.05) is 32.9 Å². The molecule has 6 nitrogen and oxygen atoms in total. The van der Waals surface area contributed by atoms with Crippen molar-refractivity contribution < 1.29 is 13.6 Å². The van der Waals surface area contributed by atoms with Gasteiger partial charge in [0.15, 0.2) is 0 Å². The van der Waals surface area contributed by atoms with Gasteiger partial charge in [0.2, 0.25) is 0 Å². The van der Waals surface area contributed by atoms with Crippen molar-refractivity contribution in [1.82, 2.24) is 25.0 Å². The topological polar surface area (TPSA) is 73.6 Å². The molecule has 1 fully saturated rings. The van der Waals surface area contributed by atoms with E-state index < -0.39 is 17.0 Å². The number of fused-ring (bicyclic) bond motifs is 5. The summed E-state index contributed by atoms with van der Waals surface area (Å²) < 4.78 is 30.9. The molecule has 8 heteroatoms. The lowest BCUT2D eigenvalue weighted by molar-refractivity contribution is -0.120. The Morgan fingerprint density at radius 2 is 1.84 bits per heavy atom. The Morgan fingerprint density at radius 1 is 1.11 bits per heavy atom. The van der Waals surface area contributed by atoms with Gasteiger partial charge in [-0.2, -0.15) is 10.2 Å². The average Bonchev–Trinajstić information content (AvgIpc) is 3.51. The molecule has 0 amide bonds. The fraction of sp³-hybridized carbons (Fsp3) is 0.367. The molecule has 6 rings (SSSR count). The predicted molar refractivity (Wildman–Crippen MR) is 139 cm³/mol. The first-order valence-corrected chi connectivity index (χ1v) is 13.0. The van der Waals surface area contributed by atoms with Crippen LogP contribution in [0.1, 0.15) is 63.4 Å². The fourth-order valence-corrected chi connectivity index (χ4v) is 6.59. The second-order valence-electron chi connectivity index (χ2n) is 11.2. The lowest BCUT2D eigenvalue weighted by Gasteiger charge is -2.37. The maximum atomic E-state index is 14.5. The Hall–Kier alpha value is -3.81. The minimum Gasteiger partial charge on any atom is -0.300 e. The number of Topliss-reactive ketones (excluding diaryl/α,β-unsaturated/α-hetero) is 1. The third-order valence-corrected chi connectivity index (χ3v) is 8.87. The molecule has 0 N–H and O–H groups in total. The van der Waals surface area contributed by atoms with E-state index in [4.69, 9.17) is 4.98 Å². The highest BCUT2D eigenvalue weighted by Gasteiger charge is 2.65. The first kappa shape index (κ1) is 24.5. The highest BCUT2D eigenvalue weighted by Crippen LogP contribution is 2.69. The molecule has 194 valence electrons. The maximum Gasteiger partial charge on any atom is 0.135 e. The summed E-state index contributed by atoms with van der Waals surface area (Å²) in [5.74, 6) is -1.12. The fourth-order valence-electron chi connectivity index (χ4n) is 6.59. The van der Waals surface area contributed by atoms with Crippen LogP contribution in [0.15, 0.2) is 54.9 Å². The van der Waals surface area contributed by atoms with Crippen molar-refractivity contribution >= 4 is 5.78 Å². The summed E-state index contributed by atoms with van der Waals surface area (Å²) in [6, 6.07) is 11.6. The molecule has 2 bridgehead atoms. The van der Waals surface area contributed by atoms with Crippen LogP contribution in [0, 0.1) is 23.0 Å². The molecule has 2 aliphatic carbocycles. The summed E-state index contributed by atoms with van der Waals surface area (Å²) in [4.78, 5) is 16.8. The van der Waals surface area contributed by atoms with Gasteiger partial charge in [0.05, 0.1) is 46.5 Å². The quantitative estimate of drug-likeness (QED) is 0.311. The van der Waals surface area contributed by atoms with Gasteiger partial charge in [-0.3, -0.25) is 14.5 Å². The molecular formula is C30H29F2N5O. The summed E-state index contributed by atoms with van der Waals surface area (Å²) in [5, 5.41) is 13.4. The summed E-state index contributed by atoms with van der Waals surface area (Å²) in [6.45, 7) is 8.46. The van der Waals surface area contributed by atoms with Crippen molar-refractivity contribution in [3.05, 3.63) is 83.4 Å². The lowest BCUT2D eigenvalue weighted by Crippen LogP contribution is -2.37. The Bertz CT molecular complexity index is 1560. The first-order valence-electron chi connectivity index (χ1n) is 13.0. The molecular weight excluding hydrogens is 484 g/mol. The van der Waals surface area contributed by atoms with E-state index in [9.17, 15) is 13.6 Å². The average molecular weight is 514 g/mol. The summed E-state index contributed by atoms with van der Waals surface area (Å²) in [7, 11) is 0. The third kappa shape index (κ3) is 3.46. The number of hydrogen-bond acceptors (Lipinski definition) is 5. The molecule has 3 atom stereocenters. The number of aromatic nitrogens is 5. The van der Waals surface area contributed by atoms with Crippen molar-refractivity contribution in [1.29, 1.82) is 0 Å². The van der Waals surface area contributed by atoms with Crippen LogP contribution in [0.3, 0.4) is 0 Å². The van der Waals surface area contributed by atoms with E-state index in [0.717, 1.165) is 41.1 Å². The molecule has 38 heavy (non-hydrogen) atoms. The molecule has 0 aliphatic heterocycles. The third-order valence-electron chi connectivity index (χ3n) is 8.87. The number of benzene rings is 1. The number of ketones is 1. The lowest BCUT2D eigenvalue weighted by atomic mass is 9.66. The Balaban J connectivity index is 1.42. The first-order chi connectivity index (χ1) is 18.1. The van der Waals surface area contributed by atoms with Crippen molar-refractivity contribution in [2.24, 2.45) is 11.3 Å². The Kier molecular flexibility index (Phi) is 5.56. The summed E-state index contributed by atoms with van der Waals surface area (Å²) in [6.07, 6.45) is 5.49. The number of pyridine rings is 1. The number of nitrogens with zero attached hydrogens (tertiary/aromatic N) is 5. The summed E-state index contributed by atoms with van der Waals surface area (Å²) >= 11 is 0. The van der Waals surface area contributed by atoms with Crippen LogP contribution in [0.2, 0.25) is 0 Å². The van der Waals surface area contributed by atoms with Gasteiger partial charge in [-0.25, -0.2) is 8.78 Å². The van der Waals surface area contributed by atoms with E-state index in [2.05, 4.69) is 29.1 Å². The smallest absolute Gasteiger partial charge is 0.135 e. The molecule has 0 spiro atoms. The largest absolute Gasteiger partial charge is 0.300 e. The van der Waals surface area contributed by atoms with Crippen LogP contribution in [-0.2, 0) is 16.8 Å². The second kappa shape index (κ2) is 8.61. The number of hydrogen-bond donors (Lipinski definition) is 0. The highest BCUT2D eigenvalue weighted by molar-refractivity contribution is 5.77. The van der Waals surface area contributed by atoms with Gasteiger partial charge in [0.25, 0.3) is 0 Å². The van der Waals surface area contributed by atoms with E-state index in [1.54, 1.807) is 17.8 Å². The number of halogens is 2. The molecule has 4 aromatic rings. The van der Waals surface area contributed by atoms with Crippen LogP contribution in [0.5, 0.6) is 0 Å².